The Morgan fingerprint density at radius 1 is 1.33 bits per heavy atom. The standard InChI is InChI=1S/C15H17N5O4/c1-10-2-4-11(5-3-10)14-16-18-20(17-14)8-13(21)19-6-7-24-9-12(19)15(22)23/h2-5,12H,6-9H2,1H3,(H,22,23). The van der Waals surface area contributed by atoms with E-state index in [0.717, 1.165) is 11.1 Å². The first-order valence-corrected chi connectivity index (χ1v) is 7.49. The molecule has 1 fully saturated rings. The molecule has 0 aliphatic carbocycles. The van der Waals surface area contributed by atoms with E-state index >= 15 is 0 Å². The third-order valence-electron chi connectivity index (χ3n) is 3.77. The van der Waals surface area contributed by atoms with Gasteiger partial charge in [-0.25, -0.2) is 4.79 Å². The van der Waals surface area contributed by atoms with Gasteiger partial charge in [-0.3, -0.25) is 4.79 Å². The predicted molar refractivity (Wildman–Crippen MR) is 81.9 cm³/mol. The summed E-state index contributed by atoms with van der Waals surface area (Å²) in [6, 6.07) is 6.65. The van der Waals surface area contributed by atoms with Crippen molar-refractivity contribution in [1.82, 2.24) is 25.1 Å². The van der Waals surface area contributed by atoms with Crippen LogP contribution in [0.3, 0.4) is 0 Å². The van der Waals surface area contributed by atoms with Crippen LogP contribution in [0.1, 0.15) is 5.56 Å². The molecule has 1 aliphatic rings. The van der Waals surface area contributed by atoms with Gasteiger partial charge >= 0.3 is 5.97 Å². The van der Waals surface area contributed by atoms with Crippen LogP contribution in [0.15, 0.2) is 24.3 Å². The summed E-state index contributed by atoms with van der Waals surface area (Å²) in [6.07, 6.45) is 0. The summed E-state index contributed by atoms with van der Waals surface area (Å²) in [6.45, 7) is 2.35. The van der Waals surface area contributed by atoms with Gasteiger partial charge in [0.25, 0.3) is 0 Å². The molecule has 1 N–H and O–H groups in total. The zero-order valence-electron chi connectivity index (χ0n) is 13.1. The van der Waals surface area contributed by atoms with Gasteiger partial charge in [-0.2, -0.15) is 4.80 Å². The van der Waals surface area contributed by atoms with Crippen LogP contribution >= 0.6 is 0 Å². The quantitative estimate of drug-likeness (QED) is 0.837. The highest BCUT2D eigenvalue weighted by atomic mass is 16.5. The summed E-state index contributed by atoms with van der Waals surface area (Å²) < 4.78 is 5.12. The highest BCUT2D eigenvalue weighted by molar-refractivity contribution is 5.83. The molecule has 126 valence electrons. The summed E-state index contributed by atoms with van der Waals surface area (Å²) in [5.74, 6) is -1.05. The molecular formula is C15H17N5O4. The number of ether oxygens (including phenoxy) is 1. The summed E-state index contributed by atoms with van der Waals surface area (Å²) in [4.78, 5) is 26.0. The highest BCUT2D eigenvalue weighted by Crippen LogP contribution is 2.14. The van der Waals surface area contributed by atoms with E-state index < -0.39 is 12.0 Å². The Kier molecular flexibility index (Phi) is 4.52. The van der Waals surface area contributed by atoms with Crippen molar-refractivity contribution >= 4 is 11.9 Å². The van der Waals surface area contributed by atoms with E-state index in [1.165, 1.54) is 9.70 Å². The summed E-state index contributed by atoms with van der Waals surface area (Å²) >= 11 is 0. The molecule has 1 saturated heterocycles. The van der Waals surface area contributed by atoms with Gasteiger partial charge in [0.05, 0.1) is 13.2 Å². The number of amides is 1. The molecule has 1 amide bonds. The Balaban J connectivity index is 1.70. The van der Waals surface area contributed by atoms with Crippen molar-refractivity contribution < 1.29 is 19.4 Å². The first kappa shape index (κ1) is 16.1. The number of rotatable bonds is 4. The fourth-order valence-corrected chi connectivity index (χ4v) is 2.45. The number of morpholine rings is 1. The van der Waals surface area contributed by atoms with Crippen molar-refractivity contribution in [2.75, 3.05) is 19.8 Å². The molecule has 3 rings (SSSR count). The van der Waals surface area contributed by atoms with E-state index in [2.05, 4.69) is 15.4 Å². The molecule has 9 heteroatoms. The average Bonchev–Trinajstić information content (AvgIpc) is 3.04. The second kappa shape index (κ2) is 6.75. The number of nitrogens with zero attached hydrogens (tertiary/aromatic N) is 5. The minimum atomic E-state index is -1.09. The van der Waals surface area contributed by atoms with Gasteiger partial charge in [-0.05, 0) is 12.1 Å². The molecular weight excluding hydrogens is 314 g/mol. The van der Waals surface area contributed by atoms with Gasteiger partial charge < -0.3 is 14.7 Å². The number of hydrogen-bond acceptors (Lipinski definition) is 6. The van der Waals surface area contributed by atoms with Gasteiger partial charge in [0.2, 0.25) is 11.7 Å². The molecule has 2 aromatic rings. The fourth-order valence-electron chi connectivity index (χ4n) is 2.45. The molecule has 24 heavy (non-hydrogen) atoms. The van der Waals surface area contributed by atoms with Gasteiger partial charge in [0.15, 0.2) is 6.04 Å². The maximum Gasteiger partial charge on any atom is 0.328 e. The molecule has 0 saturated carbocycles. The normalized spacial score (nSPS) is 17.7. The number of aliphatic carboxylic acids is 1. The van der Waals surface area contributed by atoms with E-state index in [-0.39, 0.29) is 25.6 Å². The van der Waals surface area contributed by atoms with E-state index in [0.29, 0.717) is 12.4 Å². The SMILES string of the molecule is Cc1ccc(-c2nnn(CC(=O)N3CCOCC3C(=O)O)n2)cc1. The maximum atomic E-state index is 12.4. The zero-order valence-corrected chi connectivity index (χ0v) is 13.1. The fraction of sp³-hybridized carbons (Fsp3) is 0.400. The number of carbonyl (C=O) groups is 2. The van der Waals surface area contributed by atoms with Gasteiger partial charge in [-0.15, -0.1) is 10.2 Å². The Morgan fingerprint density at radius 2 is 2.08 bits per heavy atom. The molecule has 1 aliphatic heterocycles. The van der Waals surface area contributed by atoms with Crippen LogP contribution in [-0.2, 0) is 20.9 Å². The van der Waals surface area contributed by atoms with E-state index in [1.54, 1.807) is 0 Å². The van der Waals surface area contributed by atoms with Crippen LogP contribution in [0.4, 0.5) is 0 Å². The molecule has 1 aromatic carbocycles. The lowest BCUT2D eigenvalue weighted by molar-refractivity contribution is -0.158. The minimum absolute atomic E-state index is 0.0134. The second-order valence-electron chi connectivity index (χ2n) is 5.53. The monoisotopic (exact) mass is 331 g/mol. The molecule has 9 nitrogen and oxygen atoms in total. The van der Waals surface area contributed by atoms with Crippen LogP contribution in [0.5, 0.6) is 0 Å². The highest BCUT2D eigenvalue weighted by Gasteiger charge is 2.33. The van der Waals surface area contributed by atoms with Crippen molar-refractivity contribution in [3.05, 3.63) is 29.8 Å². The third kappa shape index (κ3) is 3.40. The maximum absolute atomic E-state index is 12.4. The van der Waals surface area contributed by atoms with Gasteiger partial charge in [0, 0.05) is 12.1 Å². The average molecular weight is 331 g/mol. The molecule has 0 spiro atoms. The Morgan fingerprint density at radius 3 is 2.79 bits per heavy atom. The van der Waals surface area contributed by atoms with Crippen molar-refractivity contribution in [1.29, 1.82) is 0 Å². The molecule has 1 unspecified atom stereocenters. The van der Waals surface area contributed by atoms with Crippen molar-refractivity contribution in [2.45, 2.75) is 19.5 Å². The van der Waals surface area contributed by atoms with Crippen LogP contribution in [0.2, 0.25) is 0 Å². The molecule has 0 bridgehead atoms. The van der Waals surface area contributed by atoms with Crippen molar-refractivity contribution in [3.63, 3.8) is 0 Å². The van der Waals surface area contributed by atoms with E-state index in [1.807, 2.05) is 31.2 Å². The lowest BCUT2D eigenvalue weighted by atomic mass is 10.1. The number of aromatic nitrogens is 4. The Labute approximate surface area is 137 Å². The number of aryl methyl sites for hydroxylation is 1. The third-order valence-corrected chi connectivity index (χ3v) is 3.77. The first-order valence-electron chi connectivity index (χ1n) is 7.49. The Bertz CT molecular complexity index is 743. The van der Waals surface area contributed by atoms with Crippen LogP contribution in [0.25, 0.3) is 11.4 Å². The molecule has 2 heterocycles. The van der Waals surface area contributed by atoms with Crippen LogP contribution in [-0.4, -0.2) is 67.9 Å². The molecule has 1 aromatic heterocycles. The number of benzene rings is 1. The number of carbonyl (C=O) groups excluding carboxylic acids is 1. The lowest BCUT2D eigenvalue weighted by Crippen LogP contribution is -2.53. The zero-order chi connectivity index (χ0) is 17.1. The predicted octanol–water partition coefficient (Wildman–Crippen LogP) is -0.0395. The number of carboxylic acid groups (broad SMARTS) is 1. The minimum Gasteiger partial charge on any atom is -0.480 e. The number of tetrazole rings is 1. The van der Waals surface area contributed by atoms with E-state index in [4.69, 9.17) is 4.74 Å². The van der Waals surface area contributed by atoms with Crippen molar-refractivity contribution in [3.8, 4) is 11.4 Å². The van der Waals surface area contributed by atoms with Gasteiger partial charge in [0.1, 0.15) is 6.54 Å². The van der Waals surface area contributed by atoms with Gasteiger partial charge in [-0.1, -0.05) is 29.8 Å². The first-order chi connectivity index (χ1) is 11.5. The smallest absolute Gasteiger partial charge is 0.328 e. The number of carboxylic acids is 1. The molecule has 0 radical (unpaired) electrons. The molecule has 1 atom stereocenters. The summed E-state index contributed by atoms with van der Waals surface area (Å²) in [5, 5.41) is 21.2. The van der Waals surface area contributed by atoms with Crippen molar-refractivity contribution in [2.24, 2.45) is 0 Å². The topological polar surface area (TPSA) is 110 Å². The van der Waals surface area contributed by atoms with Crippen LogP contribution < -0.4 is 0 Å². The summed E-state index contributed by atoms with van der Waals surface area (Å²) in [5.41, 5.74) is 1.92. The summed E-state index contributed by atoms with van der Waals surface area (Å²) in [7, 11) is 0. The largest absolute Gasteiger partial charge is 0.480 e. The van der Waals surface area contributed by atoms with Crippen LogP contribution in [0, 0.1) is 6.92 Å². The second-order valence-corrected chi connectivity index (χ2v) is 5.53. The van der Waals surface area contributed by atoms with E-state index in [9.17, 15) is 14.7 Å². The number of hydrogen-bond donors (Lipinski definition) is 1. The Hall–Kier alpha value is -2.81. The lowest BCUT2D eigenvalue weighted by Gasteiger charge is -2.32.